The molecule has 0 bridgehead atoms. The average Bonchev–Trinajstić information content (AvgIpc) is 3.33. The molecule has 3 heterocycles. The molecule has 3 aromatic heterocycles. The normalized spacial score (nSPS) is 11.3. The van der Waals surface area contributed by atoms with Crippen molar-refractivity contribution in [3.63, 3.8) is 0 Å². The van der Waals surface area contributed by atoms with Crippen LogP contribution in [0.2, 0.25) is 0 Å². The lowest BCUT2D eigenvalue weighted by atomic mass is 10.3. The first-order valence-electron chi connectivity index (χ1n) is 8.84. The molecule has 4 aromatic rings. The summed E-state index contributed by atoms with van der Waals surface area (Å²) >= 11 is 1.28. The zero-order chi connectivity index (χ0) is 19.7. The quantitative estimate of drug-likeness (QED) is 0.501. The molecule has 1 aromatic carbocycles. The van der Waals surface area contributed by atoms with Gasteiger partial charge in [-0.2, -0.15) is 5.10 Å². The number of rotatable bonds is 5. The van der Waals surface area contributed by atoms with E-state index in [9.17, 15) is 9.18 Å². The fourth-order valence-corrected chi connectivity index (χ4v) is 3.90. The minimum Gasteiger partial charge on any atom is -0.277 e. The lowest BCUT2D eigenvalue weighted by molar-refractivity contribution is 0.0972. The van der Waals surface area contributed by atoms with Crippen molar-refractivity contribution in [2.45, 2.75) is 26.4 Å². The Balaban J connectivity index is 1.78. The van der Waals surface area contributed by atoms with Gasteiger partial charge in [-0.05, 0) is 50.2 Å². The average molecular weight is 395 g/mol. The first kappa shape index (κ1) is 18.2. The fraction of sp³-hybridized carbons (Fsp3) is 0.200. The van der Waals surface area contributed by atoms with Crippen molar-refractivity contribution < 1.29 is 9.18 Å². The van der Waals surface area contributed by atoms with Crippen LogP contribution >= 0.6 is 11.3 Å². The second kappa shape index (κ2) is 7.47. The minimum absolute atomic E-state index is 0.0371. The second-order valence-electron chi connectivity index (χ2n) is 6.58. The molecule has 4 rings (SSSR count). The molecule has 0 spiro atoms. The van der Waals surface area contributed by atoms with Crippen LogP contribution in [0.25, 0.3) is 10.2 Å². The second-order valence-corrected chi connectivity index (χ2v) is 7.58. The number of hydrogen-bond donors (Lipinski definition) is 0. The zero-order valence-corrected chi connectivity index (χ0v) is 16.2. The van der Waals surface area contributed by atoms with Crippen molar-refractivity contribution in [1.29, 1.82) is 0 Å². The van der Waals surface area contributed by atoms with Crippen LogP contribution in [0.4, 0.5) is 9.52 Å². The van der Waals surface area contributed by atoms with Gasteiger partial charge in [0.1, 0.15) is 11.5 Å². The topological polar surface area (TPSA) is 63.9 Å². The van der Waals surface area contributed by atoms with E-state index >= 15 is 0 Å². The Morgan fingerprint density at radius 2 is 2.07 bits per heavy atom. The summed E-state index contributed by atoms with van der Waals surface area (Å²) < 4.78 is 16.0. The number of amides is 1. The molecule has 0 aliphatic carbocycles. The first-order chi connectivity index (χ1) is 13.5. The molecule has 8 heteroatoms. The molecular formula is C20H18FN5OS. The Morgan fingerprint density at radius 1 is 1.21 bits per heavy atom. The molecule has 0 radical (unpaired) electrons. The number of benzene rings is 1. The maximum atomic E-state index is 13.6. The predicted molar refractivity (Wildman–Crippen MR) is 107 cm³/mol. The molecule has 0 fully saturated rings. The standard InChI is InChI=1S/C20H18FN5OS/c1-13(2)26-17(8-10-23-26)19(27)25(12-15-5-3-4-9-22-15)20-24-16-7-6-14(21)11-18(16)28-20/h3-11,13H,12H2,1-2H3. The van der Waals surface area contributed by atoms with Crippen LogP contribution in [0, 0.1) is 5.82 Å². The Morgan fingerprint density at radius 3 is 2.82 bits per heavy atom. The molecule has 0 saturated heterocycles. The summed E-state index contributed by atoms with van der Waals surface area (Å²) in [7, 11) is 0. The molecular weight excluding hydrogens is 377 g/mol. The number of anilines is 1. The highest BCUT2D eigenvalue weighted by molar-refractivity contribution is 7.22. The van der Waals surface area contributed by atoms with Gasteiger partial charge in [-0.25, -0.2) is 9.37 Å². The Labute approximate surface area is 165 Å². The lowest BCUT2D eigenvalue weighted by Crippen LogP contribution is -2.32. The van der Waals surface area contributed by atoms with Crippen molar-refractivity contribution in [1.82, 2.24) is 19.7 Å². The number of carbonyl (C=O) groups excluding carboxylic acids is 1. The third kappa shape index (κ3) is 3.50. The van der Waals surface area contributed by atoms with Crippen molar-refractivity contribution in [2.75, 3.05) is 4.90 Å². The van der Waals surface area contributed by atoms with Crippen LogP contribution in [0.1, 0.15) is 36.1 Å². The van der Waals surface area contributed by atoms with Gasteiger partial charge in [-0.15, -0.1) is 0 Å². The third-order valence-corrected chi connectivity index (χ3v) is 5.28. The minimum atomic E-state index is -0.330. The van der Waals surface area contributed by atoms with Crippen molar-refractivity contribution in [3.05, 3.63) is 72.1 Å². The van der Waals surface area contributed by atoms with Gasteiger partial charge in [0.25, 0.3) is 5.91 Å². The molecule has 0 N–H and O–H groups in total. The molecule has 28 heavy (non-hydrogen) atoms. The van der Waals surface area contributed by atoms with E-state index in [1.807, 2.05) is 32.0 Å². The Bertz CT molecular complexity index is 1120. The number of pyridine rings is 1. The summed E-state index contributed by atoms with van der Waals surface area (Å²) in [5, 5.41) is 4.75. The summed E-state index contributed by atoms with van der Waals surface area (Å²) in [5.41, 5.74) is 1.85. The van der Waals surface area contributed by atoms with Crippen LogP contribution in [0.15, 0.2) is 54.9 Å². The van der Waals surface area contributed by atoms with Gasteiger partial charge in [-0.1, -0.05) is 17.4 Å². The number of carbonyl (C=O) groups is 1. The lowest BCUT2D eigenvalue weighted by Gasteiger charge is -2.21. The summed E-state index contributed by atoms with van der Waals surface area (Å²) in [5.74, 6) is -0.556. The zero-order valence-electron chi connectivity index (χ0n) is 15.4. The van der Waals surface area contributed by atoms with E-state index < -0.39 is 0 Å². The van der Waals surface area contributed by atoms with Gasteiger partial charge in [-0.3, -0.25) is 19.4 Å². The van der Waals surface area contributed by atoms with Crippen LogP contribution in [-0.4, -0.2) is 25.7 Å². The van der Waals surface area contributed by atoms with Crippen LogP contribution in [-0.2, 0) is 6.54 Å². The summed E-state index contributed by atoms with van der Waals surface area (Å²) in [6.07, 6.45) is 3.30. The summed E-state index contributed by atoms with van der Waals surface area (Å²) in [6.45, 7) is 4.19. The van der Waals surface area contributed by atoms with Gasteiger partial charge in [0.2, 0.25) is 0 Å². The Kier molecular flexibility index (Phi) is 4.87. The highest BCUT2D eigenvalue weighted by Gasteiger charge is 2.25. The number of thiazole rings is 1. The van der Waals surface area contributed by atoms with E-state index in [0.29, 0.717) is 21.0 Å². The van der Waals surface area contributed by atoms with Gasteiger partial charge >= 0.3 is 0 Å². The van der Waals surface area contributed by atoms with E-state index in [4.69, 9.17) is 0 Å². The van der Waals surface area contributed by atoms with Crippen LogP contribution in [0.5, 0.6) is 0 Å². The molecule has 0 aliphatic heterocycles. The van der Waals surface area contributed by atoms with Gasteiger partial charge in [0.05, 0.1) is 22.5 Å². The van der Waals surface area contributed by atoms with E-state index in [1.165, 1.54) is 23.5 Å². The number of fused-ring (bicyclic) bond motifs is 1. The summed E-state index contributed by atoms with van der Waals surface area (Å²) in [6, 6.07) is 11.7. The van der Waals surface area contributed by atoms with E-state index in [-0.39, 0.29) is 24.3 Å². The van der Waals surface area contributed by atoms with Crippen LogP contribution in [0.3, 0.4) is 0 Å². The third-order valence-electron chi connectivity index (χ3n) is 4.24. The first-order valence-corrected chi connectivity index (χ1v) is 9.66. The monoisotopic (exact) mass is 395 g/mol. The Hall–Kier alpha value is -3.13. The molecule has 0 atom stereocenters. The largest absolute Gasteiger partial charge is 0.278 e. The van der Waals surface area contributed by atoms with Crippen molar-refractivity contribution in [3.8, 4) is 0 Å². The van der Waals surface area contributed by atoms with Gasteiger partial charge in [0.15, 0.2) is 5.13 Å². The number of halogens is 1. The molecule has 0 saturated carbocycles. The van der Waals surface area contributed by atoms with Crippen LogP contribution < -0.4 is 4.90 Å². The molecule has 142 valence electrons. The van der Waals surface area contributed by atoms with Crippen molar-refractivity contribution in [2.24, 2.45) is 0 Å². The summed E-state index contributed by atoms with van der Waals surface area (Å²) in [4.78, 5) is 23.9. The molecule has 0 unspecified atom stereocenters. The van der Waals surface area contributed by atoms with E-state index in [2.05, 4.69) is 15.1 Å². The van der Waals surface area contributed by atoms with Gasteiger partial charge < -0.3 is 0 Å². The van der Waals surface area contributed by atoms with E-state index in [0.717, 1.165) is 5.69 Å². The maximum Gasteiger partial charge on any atom is 0.278 e. The molecule has 6 nitrogen and oxygen atoms in total. The fourth-order valence-electron chi connectivity index (χ4n) is 2.92. The molecule has 1 amide bonds. The highest BCUT2D eigenvalue weighted by Crippen LogP contribution is 2.31. The number of aromatic nitrogens is 4. The SMILES string of the molecule is CC(C)n1nccc1C(=O)N(Cc1ccccn1)c1nc2ccc(F)cc2s1. The number of nitrogens with zero attached hydrogens (tertiary/aromatic N) is 5. The highest BCUT2D eigenvalue weighted by atomic mass is 32.1. The molecule has 0 aliphatic rings. The maximum absolute atomic E-state index is 13.6. The number of hydrogen-bond acceptors (Lipinski definition) is 5. The van der Waals surface area contributed by atoms with E-state index in [1.54, 1.807) is 34.1 Å². The van der Waals surface area contributed by atoms with Crippen molar-refractivity contribution >= 4 is 32.6 Å². The van der Waals surface area contributed by atoms with Gasteiger partial charge in [0, 0.05) is 18.4 Å². The predicted octanol–water partition coefficient (Wildman–Crippen LogP) is 4.45. The smallest absolute Gasteiger partial charge is 0.277 e.